The van der Waals surface area contributed by atoms with Gasteiger partial charge in [-0.05, 0) is 12.6 Å². The molecule has 0 radical (unpaired) electrons. The van der Waals surface area contributed by atoms with Crippen molar-refractivity contribution in [1.29, 1.82) is 0 Å². The van der Waals surface area contributed by atoms with Crippen LogP contribution in [-0.2, 0) is 6.54 Å². The van der Waals surface area contributed by atoms with Crippen LogP contribution in [0.4, 0.5) is 0 Å². The third-order valence-corrected chi connectivity index (χ3v) is 4.03. The van der Waals surface area contributed by atoms with Crippen LogP contribution < -0.4 is 5.32 Å². The zero-order valence-corrected chi connectivity index (χ0v) is 11.9. The number of nitrogens with one attached hydrogen (secondary N) is 1. The molecule has 5 heteroatoms. The van der Waals surface area contributed by atoms with Gasteiger partial charge in [-0.2, -0.15) is 0 Å². The van der Waals surface area contributed by atoms with Crippen LogP contribution in [0.15, 0.2) is 48.9 Å². The monoisotopic (exact) mass is 282 g/mol. The van der Waals surface area contributed by atoms with E-state index in [9.17, 15) is 0 Å². The Morgan fingerprint density at radius 3 is 2.70 bits per heavy atom. The highest BCUT2D eigenvalue weighted by atomic mass is 32.1. The van der Waals surface area contributed by atoms with Crippen LogP contribution in [0.25, 0.3) is 21.1 Å². The SMILES string of the molecule is CNCc1nc(-c2cnccn2)sc1-c1ccccc1. The van der Waals surface area contributed by atoms with E-state index in [1.807, 2.05) is 25.2 Å². The van der Waals surface area contributed by atoms with E-state index < -0.39 is 0 Å². The molecule has 100 valence electrons. The van der Waals surface area contributed by atoms with Crippen molar-refractivity contribution < 1.29 is 0 Å². The molecule has 0 saturated heterocycles. The van der Waals surface area contributed by atoms with Gasteiger partial charge in [-0.1, -0.05) is 30.3 Å². The number of thiazole rings is 1. The molecule has 0 aliphatic carbocycles. The van der Waals surface area contributed by atoms with Gasteiger partial charge in [-0.25, -0.2) is 4.98 Å². The van der Waals surface area contributed by atoms with Crippen LogP contribution in [-0.4, -0.2) is 22.0 Å². The number of aromatic nitrogens is 3. The largest absolute Gasteiger partial charge is 0.314 e. The number of hydrogen-bond acceptors (Lipinski definition) is 5. The van der Waals surface area contributed by atoms with Gasteiger partial charge < -0.3 is 5.32 Å². The van der Waals surface area contributed by atoms with Gasteiger partial charge in [-0.3, -0.25) is 9.97 Å². The third-order valence-electron chi connectivity index (χ3n) is 2.86. The first kappa shape index (κ1) is 12.9. The van der Waals surface area contributed by atoms with E-state index >= 15 is 0 Å². The molecule has 0 saturated carbocycles. The first-order valence-electron chi connectivity index (χ1n) is 6.34. The minimum Gasteiger partial charge on any atom is -0.314 e. The van der Waals surface area contributed by atoms with Gasteiger partial charge >= 0.3 is 0 Å². The maximum absolute atomic E-state index is 4.70. The summed E-state index contributed by atoms with van der Waals surface area (Å²) >= 11 is 1.65. The zero-order valence-electron chi connectivity index (χ0n) is 11.1. The standard InChI is InChI=1S/C15H14N4S/c1-16-9-12-14(11-5-3-2-4-6-11)20-15(19-12)13-10-17-7-8-18-13/h2-8,10,16H,9H2,1H3. The Hall–Kier alpha value is -2.11. The lowest BCUT2D eigenvalue weighted by Gasteiger charge is -2.00. The summed E-state index contributed by atoms with van der Waals surface area (Å²) in [6.45, 7) is 0.737. The summed E-state index contributed by atoms with van der Waals surface area (Å²) in [6.07, 6.45) is 5.11. The summed E-state index contributed by atoms with van der Waals surface area (Å²) in [5.74, 6) is 0. The lowest BCUT2D eigenvalue weighted by Crippen LogP contribution is -2.06. The Morgan fingerprint density at radius 2 is 2.00 bits per heavy atom. The average molecular weight is 282 g/mol. The van der Waals surface area contributed by atoms with Gasteiger partial charge in [0.05, 0.1) is 16.8 Å². The maximum Gasteiger partial charge on any atom is 0.144 e. The zero-order chi connectivity index (χ0) is 13.8. The van der Waals surface area contributed by atoms with Crippen molar-refractivity contribution in [1.82, 2.24) is 20.3 Å². The highest BCUT2D eigenvalue weighted by Gasteiger charge is 2.14. The Labute approximate surface area is 121 Å². The number of hydrogen-bond donors (Lipinski definition) is 1. The molecule has 1 aromatic carbocycles. The second-order valence-electron chi connectivity index (χ2n) is 4.28. The van der Waals surface area contributed by atoms with Gasteiger partial charge in [0.1, 0.15) is 10.7 Å². The fourth-order valence-corrected chi connectivity index (χ4v) is 3.02. The normalized spacial score (nSPS) is 10.7. The lowest BCUT2D eigenvalue weighted by molar-refractivity contribution is 0.799. The van der Waals surface area contributed by atoms with Crippen LogP contribution in [0, 0.1) is 0 Å². The summed E-state index contributed by atoms with van der Waals surface area (Å²) < 4.78 is 0. The van der Waals surface area contributed by atoms with Gasteiger partial charge in [-0.15, -0.1) is 11.3 Å². The Kier molecular flexibility index (Phi) is 3.80. The highest BCUT2D eigenvalue weighted by Crippen LogP contribution is 2.34. The molecule has 0 aliphatic heterocycles. The Balaban J connectivity index is 2.08. The lowest BCUT2D eigenvalue weighted by atomic mass is 10.1. The molecule has 0 bridgehead atoms. The molecule has 0 spiro atoms. The highest BCUT2D eigenvalue weighted by molar-refractivity contribution is 7.18. The van der Waals surface area contributed by atoms with Crippen molar-refractivity contribution in [3.05, 3.63) is 54.6 Å². The fraction of sp³-hybridized carbons (Fsp3) is 0.133. The molecule has 20 heavy (non-hydrogen) atoms. The summed E-state index contributed by atoms with van der Waals surface area (Å²) in [7, 11) is 1.93. The molecule has 0 amide bonds. The number of benzene rings is 1. The minimum atomic E-state index is 0.737. The predicted octanol–water partition coefficient (Wildman–Crippen LogP) is 2.99. The van der Waals surface area contributed by atoms with Crippen molar-refractivity contribution in [2.24, 2.45) is 0 Å². The van der Waals surface area contributed by atoms with Crippen molar-refractivity contribution in [2.75, 3.05) is 7.05 Å². The molecule has 4 nitrogen and oxygen atoms in total. The summed E-state index contributed by atoms with van der Waals surface area (Å²) in [5.41, 5.74) is 3.05. The van der Waals surface area contributed by atoms with E-state index in [1.54, 1.807) is 29.9 Å². The fourth-order valence-electron chi connectivity index (χ4n) is 1.97. The van der Waals surface area contributed by atoms with E-state index in [-0.39, 0.29) is 0 Å². The number of nitrogens with zero attached hydrogens (tertiary/aromatic N) is 3. The molecular weight excluding hydrogens is 268 g/mol. The number of rotatable bonds is 4. The van der Waals surface area contributed by atoms with Crippen LogP contribution >= 0.6 is 11.3 Å². The van der Waals surface area contributed by atoms with Crippen molar-refractivity contribution in [3.63, 3.8) is 0 Å². The molecule has 3 rings (SSSR count). The van der Waals surface area contributed by atoms with E-state index in [0.717, 1.165) is 22.9 Å². The second kappa shape index (κ2) is 5.90. The first-order valence-corrected chi connectivity index (χ1v) is 7.16. The minimum absolute atomic E-state index is 0.737. The van der Waals surface area contributed by atoms with Crippen molar-refractivity contribution in [3.8, 4) is 21.1 Å². The Morgan fingerprint density at radius 1 is 1.15 bits per heavy atom. The average Bonchev–Trinajstić information content (AvgIpc) is 2.94. The predicted molar refractivity (Wildman–Crippen MR) is 81.3 cm³/mol. The van der Waals surface area contributed by atoms with E-state index in [1.165, 1.54) is 10.4 Å². The summed E-state index contributed by atoms with van der Waals surface area (Å²) in [4.78, 5) is 14.3. The van der Waals surface area contributed by atoms with Gasteiger partial charge in [0.25, 0.3) is 0 Å². The van der Waals surface area contributed by atoms with Crippen LogP contribution in [0.5, 0.6) is 0 Å². The summed E-state index contributed by atoms with van der Waals surface area (Å²) in [5, 5.41) is 4.07. The van der Waals surface area contributed by atoms with Gasteiger partial charge in [0, 0.05) is 18.9 Å². The van der Waals surface area contributed by atoms with Crippen LogP contribution in [0.3, 0.4) is 0 Å². The van der Waals surface area contributed by atoms with E-state index in [2.05, 4.69) is 27.4 Å². The smallest absolute Gasteiger partial charge is 0.144 e. The summed E-state index contributed by atoms with van der Waals surface area (Å²) in [6, 6.07) is 10.3. The van der Waals surface area contributed by atoms with Gasteiger partial charge in [0.15, 0.2) is 0 Å². The topological polar surface area (TPSA) is 50.7 Å². The molecule has 3 aromatic rings. The molecule has 2 aromatic heterocycles. The maximum atomic E-state index is 4.70. The molecule has 0 fully saturated rings. The Bertz CT molecular complexity index is 680. The molecule has 0 aliphatic rings. The van der Waals surface area contributed by atoms with Gasteiger partial charge in [0.2, 0.25) is 0 Å². The quantitative estimate of drug-likeness (QED) is 0.799. The van der Waals surface area contributed by atoms with Crippen molar-refractivity contribution in [2.45, 2.75) is 6.54 Å². The molecular formula is C15H14N4S. The first-order chi connectivity index (χ1) is 9.88. The third kappa shape index (κ3) is 2.59. The van der Waals surface area contributed by atoms with E-state index in [0.29, 0.717) is 0 Å². The van der Waals surface area contributed by atoms with Crippen LogP contribution in [0.1, 0.15) is 5.69 Å². The van der Waals surface area contributed by atoms with E-state index in [4.69, 9.17) is 4.98 Å². The molecule has 1 N–H and O–H groups in total. The molecule has 0 atom stereocenters. The van der Waals surface area contributed by atoms with Crippen LogP contribution in [0.2, 0.25) is 0 Å². The molecule has 0 unspecified atom stereocenters. The second-order valence-corrected chi connectivity index (χ2v) is 5.28. The molecule has 2 heterocycles. The van der Waals surface area contributed by atoms with Crippen molar-refractivity contribution >= 4 is 11.3 Å².